The molecule has 1 N–H and O–H groups in total. The second kappa shape index (κ2) is 6.77. The maximum atomic E-state index is 13.8. The Balaban J connectivity index is 2.01. The molecule has 10 heteroatoms. The van der Waals surface area contributed by atoms with Gasteiger partial charge in [0.2, 0.25) is 5.82 Å². The van der Waals surface area contributed by atoms with Gasteiger partial charge in [-0.2, -0.15) is 4.39 Å². The van der Waals surface area contributed by atoms with Gasteiger partial charge in [0.1, 0.15) is 17.0 Å². The number of hydrogen-bond donors (Lipinski definition) is 1. The van der Waals surface area contributed by atoms with Crippen LogP contribution in [0.5, 0.6) is 0 Å². The number of carbonyl (C=O) groups is 1. The number of thiophene rings is 1. The SMILES string of the molecule is CCOC(=O)c1csc2ncnc(Nc3ccc([N+](=O)[O-])c(F)c3)c12. The number of aromatic nitrogens is 2. The van der Waals surface area contributed by atoms with E-state index in [9.17, 15) is 19.3 Å². The van der Waals surface area contributed by atoms with E-state index in [2.05, 4.69) is 15.3 Å². The van der Waals surface area contributed by atoms with Gasteiger partial charge in [-0.15, -0.1) is 11.3 Å². The first-order valence-electron chi connectivity index (χ1n) is 7.11. The van der Waals surface area contributed by atoms with Gasteiger partial charge in [-0.25, -0.2) is 14.8 Å². The molecule has 128 valence electrons. The van der Waals surface area contributed by atoms with Gasteiger partial charge in [0.25, 0.3) is 0 Å². The lowest BCUT2D eigenvalue weighted by Crippen LogP contribution is -2.05. The van der Waals surface area contributed by atoms with Crippen LogP contribution in [0, 0.1) is 15.9 Å². The van der Waals surface area contributed by atoms with Gasteiger partial charge in [0.15, 0.2) is 0 Å². The Morgan fingerprint density at radius 1 is 1.44 bits per heavy atom. The van der Waals surface area contributed by atoms with Crippen LogP contribution in [0.3, 0.4) is 0 Å². The molecule has 0 spiro atoms. The van der Waals surface area contributed by atoms with Crippen molar-refractivity contribution in [2.45, 2.75) is 6.92 Å². The molecule has 0 saturated carbocycles. The van der Waals surface area contributed by atoms with Crippen LogP contribution in [0.4, 0.5) is 21.6 Å². The summed E-state index contributed by atoms with van der Waals surface area (Å²) in [6, 6.07) is 3.39. The topological polar surface area (TPSA) is 107 Å². The fourth-order valence-corrected chi connectivity index (χ4v) is 3.07. The minimum absolute atomic E-state index is 0.222. The largest absolute Gasteiger partial charge is 0.462 e. The van der Waals surface area contributed by atoms with Crippen molar-refractivity contribution in [3.05, 3.63) is 51.4 Å². The lowest BCUT2D eigenvalue weighted by atomic mass is 10.2. The summed E-state index contributed by atoms with van der Waals surface area (Å²) in [5.41, 5.74) is -0.0717. The van der Waals surface area contributed by atoms with E-state index < -0.39 is 22.4 Å². The van der Waals surface area contributed by atoms with Crippen LogP contribution in [0.15, 0.2) is 29.9 Å². The second-order valence-electron chi connectivity index (χ2n) is 4.82. The molecule has 0 aliphatic heterocycles. The number of nitrogens with zero attached hydrogens (tertiary/aromatic N) is 3. The number of anilines is 2. The monoisotopic (exact) mass is 362 g/mol. The molecule has 0 aliphatic rings. The minimum Gasteiger partial charge on any atom is -0.462 e. The van der Waals surface area contributed by atoms with Gasteiger partial charge in [-0.1, -0.05) is 0 Å². The van der Waals surface area contributed by atoms with Gasteiger partial charge < -0.3 is 10.1 Å². The molecule has 2 heterocycles. The predicted molar refractivity (Wildman–Crippen MR) is 89.7 cm³/mol. The van der Waals surface area contributed by atoms with Crippen molar-refractivity contribution in [2.24, 2.45) is 0 Å². The Hall–Kier alpha value is -3.14. The molecule has 3 rings (SSSR count). The van der Waals surface area contributed by atoms with Crippen LogP contribution >= 0.6 is 11.3 Å². The molecule has 3 aromatic rings. The molecule has 2 aromatic heterocycles. The number of nitro benzene ring substituents is 1. The fraction of sp³-hybridized carbons (Fsp3) is 0.133. The van der Waals surface area contributed by atoms with Crippen LogP contribution in [0.2, 0.25) is 0 Å². The van der Waals surface area contributed by atoms with Gasteiger partial charge in [-0.05, 0) is 13.0 Å². The smallest absolute Gasteiger partial charge is 0.339 e. The number of nitro groups is 1. The Morgan fingerprint density at radius 2 is 2.24 bits per heavy atom. The minimum atomic E-state index is -0.976. The second-order valence-corrected chi connectivity index (χ2v) is 5.68. The zero-order chi connectivity index (χ0) is 18.0. The zero-order valence-electron chi connectivity index (χ0n) is 12.9. The summed E-state index contributed by atoms with van der Waals surface area (Å²) in [6.07, 6.45) is 1.30. The number of ether oxygens (including phenoxy) is 1. The first-order chi connectivity index (χ1) is 12.0. The predicted octanol–water partition coefficient (Wildman–Crippen LogP) is 3.66. The standard InChI is InChI=1S/C15H11FN4O4S/c1-2-24-15(21)9-6-25-14-12(9)13(17-7-18-14)19-8-3-4-11(20(22)23)10(16)5-8/h3-7H,2H2,1H3,(H,17,18,19). The number of esters is 1. The molecule has 0 bridgehead atoms. The lowest BCUT2D eigenvalue weighted by molar-refractivity contribution is -0.387. The van der Waals surface area contributed by atoms with Crippen LogP contribution in [-0.2, 0) is 4.74 Å². The molecule has 8 nitrogen and oxygen atoms in total. The summed E-state index contributed by atoms with van der Waals surface area (Å²) in [5, 5.41) is 15.6. The van der Waals surface area contributed by atoms with Crippen molar-refractivity contribution in [3.8, 4) is 0 Å². The molecule has 0 fully saturated rings. The van der Waals surface area contributed by atoms with E-state index in [1.54, 1.807) is 12.3 Å². The summed E-state index contributed by atoms with van der Waals surface area (Å²) < 4.78 is 18.8. The molecule has 0 aliphatic carbocycles. The highest BCUT2D eigenvalue weighted by molar-refractivity contribution is 7.17. The van der Waals surface area contributed by atoms with Crippen LogP contribution in [0.1, 0.15) is 17.3 Å². The maximum absolute atomic E-state index is 13.8. The average Bonchev–Trinajstić information content (AvgIpc) is 3.00. The number of carbonyl (C=O) groups excluding carboxylic acids is 1. The van der Waals surface area contributed by atoms with Crippen molar-refractivity contribution < 1.29 is 18.8 Å². The van der Waals surface area contributed by atoms with E-state index in [1.165, 1.54) is 23.7 Å². The zero-order valence-corrected chi connectivity index (χ0v) is 13.7. The third-order valence-corrected chi connectivity index (χ3v) is 4.16. The van der Waals surface area contributed by atoms with Crippen LogP contribution < -0.4 is 5.32 Å². The van der Waals surface area contributed by atoms with E-state index in [0.717, 1.165) is 12.1 Å². The Labute approximate surface area is 144 Å². The summed E-state index contributed by atoms with van der Waals surface area (Å²) >= 11 is 1.25. The maximum Gasteiger partial charge on any atom is 0.339 e. The lowest BCUT2D eigenvalue weighted by Gasteiger charge is -2.08. The Bertz CT molecular complexity index is 975. The number of nitrogens with one attached hydrogen (secondary N) is 1. The van der Waals surface area contributed by atoms with E-state index in [-0.39, 0.29) is 18.1 Å². The van der Waals surface area contributed by atoms with Crippen molar-refractivity contribution in [3.63, 3.8) is 0 Å². The van der Waals surface area contributed by atoms with Crippen LogP contribution in [0.25, 0.3) is 10.2 Å². The number of fused-ring (bicyclic) bond motifs is 1. The molecular weight excluding hydrogens is 351 g/mol. The molecule has 25 heavy (non-hydrogen) atoms. The highest BCUT2D eigenvalue weighted by atomic mass is 32.1. The van der Waals surface area contributed by atoms with Gasteiger partial charge in [0.05, 0.1) is 22.5 Å². The van der Waals surface area contributed by atoms with E-state index in [0.29, 0.717) is 15.8 Å². The Morgan fingerprint density at radius 3 is 2.92 bits per heavy atom. The first kappa shape index (κ1) is 16.7. The number of rotatable bonds is 5. The molecule has 0 radical (unpaired) electrons. The quantitative estimate of drug-likeness (QED) is 0.419. The van der Waals surface area contributed by atoms with Gasteiger partial charge >= 0.3 is 11.7 Å². The molecular formula is C15H11FN4O4S. The summed E-state index contributed by atoms with van der Waals surface area (Å²) in [7, 11) is 0. The van der Waals surface area contributed by atoms with Crippen molar-refractivity contribution in [1.82, 2.24) is 9.97 Å². The summed E-state index contributed by atoms with van der Waals surface area (Å²) in [4.78, 5) is 30.7. The number of halogens is 1. The van der Waals surface area contributed by atoms with Crippen molar-refractivity contribution >= 4 is 44.7 Å². The molecule has 0 amide bonds. The normalized spacial score (nSPS) is 10.6. The average molecular weight is 362 g/mol. The van der Waals surface area contributed by atoms with Gasteiger partial charge in [-0.3, -0.25) is 10.1 Å². The Kier molecular flexibility index (Phi) is 4.52. The van der Waals surface area contributed by atoms with Crippen LogP contribution in [-0.4, -0.2) is 27.5 Å². The molecule has 0 saturated heterocycles. The molecule has 1 aromatic carbocycles. The highest BCUT2D eigenvalue weighted by Gasteiger charge is 2.19. The number of hydrogen-bond acceptors (Lipinski definition) is 8. The van der Waals surface area contributed by atoms with Gasteiger partial charge in [0, 0.05) is 23.2 Å². The molecule has 0 atom stereocenters. The van der Waals surface area contributed by atoms with E-state index >= 15 is 0 Å². The summed E-state index contributed by atoms with van der Waals surface area (Å²) in [5.74, 6) is -1.21. The first-order valence-corrected chi connectivity index (χ1v) is 7.99. The third kappa shape index (κ3) is 3.24. The highest BCUT2D eigenvalue weighted by Crippen LogP contribution is 2.32. The van der Waals surface area contributed by atoms with E-state index in [4.69, 9.17) is 4.74 Å². The number of benzene rings is 1. The van der Waals surface area contributed by atoms with Crippen molar-refractivity contribution in [1.29, 1.82) is 0 Å². The van der Waals surface area contributed by atoms with Crippen molar-refractivity contribution in [2.75, 3.05) is 11.9 Å². The summed E-state index contributed by atoms with van der Waals surface area (Å²) in [6.45, 7) is 1.92. The molecule has 0 unspecified atom stereocenters. The third-order valence-electron chi connectivity index (χ3n) is 3.27. The fourth-order valence-electron chi connectivity index (χ4n) is 2.20. The van der Waals surface area contributed by atoms with E-state index in [1.807, 2.05) is 0 Å².